The zero-order chi connectivity index (χ0) is 26.8. The molecule has 0 amide bonds. The molecule has 2 heterocycles. The van der Waals surface area contributed by atoms with Crippen LogP contribution < -0.4 is 20.3 Å². The average Bonchev–Trinajstić information content (AvgIpc) is 2.86. The molecule has 0 saturated carbocycles. The average molecular weight is 566 g/mol. The fourth-order valence-corrected chi connectivity index (χ4v) is 6.80. The number of para-hydroxylation sites is 1. The Balaban J connectivity index is 1.57. The molecule has 3 N–H and O–H groups in total. The maximum Gasteiger partial charge on any atom is 0.249 e. The van der Waals surface area contributed by atoms with Crippen molar-refractivity contribution >= 4 is 57.8 Å². The molecule has 13 heteroatoms. The van der Waals surface area contributed by atoms with Crippen molar-refractivity contribution in [1.29, 1.82) is 0 Å². The highest BCUT2D eigenvalue weighted by Gasteiger charge is 2.34. The quantitative estimate of drug-likeness (QED) is 0.334. The molecular formula is C24H31ClN6O4PS+. The Bertz CT molecular complexity index is 1380. The van der Waals surface area contributed by atoms with E-state index in [1.54, 1.807) is 39.2 Å². The minimum atomic E-state index is -3.55. The van der Waals surface area contributed by atoms with Crippen molar-refractivity contribution in [2.75, 3.05) is 54.7 Å². The second-order valence-corrected chi connectivity index (χ2v) is 15.7. The highest BCUT2D eigenvalue weighted by molar-refractivity contribution is 7.92. The van der Waals surface area contributed by atoms with E-state index in [0.717, 1.165) is 31.1 Å². The Morgan fingerprint density at radius 3 is 2.46 bits per heavy atom. The van der Waals surface area contributed by atoms with Crippen molar-refractivity contribution in [3.63, 3.8) is 0 Å². The Kier molecular flexibility index (Phi) is 8.08. The SMILES string of the molecule is COc1cc(N2CC[P+](C)(O)CC2)ccc1Nc1nnc(Cl)c(Nc2ccccc2S(=O)(=O)C(C)C)n1. The highest BCUT2D eigenvalue weighted by Crippen LogP contribution is 2.52. The number of nitrogens with one attached hydrogen (secondary N) is 2. The number of aromatic nitrogens is 3. The Labute approximate surface area is 222 Å². The Morgan fingerprint density at radius 2 is 1.78 bits per heavy atom. The molecule has 3 aromatic rings. The van der Waals surface area contributed by atoms with E-state index in [4.69, 9.17) is 16.3 Å². The molecule has 0 radical (unpaired) electrons. The van der Waals surface area contributed by atoms with Crippen LogP contribution in [0.15, 0.2) is 47.4 Å². The molecule has 1 aliphatic heterocycles. The number of rotatable bonds is 8. The first kappa shape index (κ1) is 27.3. The Hall–Kier alpha value is -2.72. The van der Waals surface area contributed by atoms with Crippen molar-refractivity contribution in [2.45, 2.75) is 24.0 Å². The van der Waals surface area contributed by atoms with Gasteiger partial charge in [0.25, 0.3) is 0 Å². The van der Waals surface area contributed by atoms with E-state index in [2.05, 4.69) is 30.7 Å². The van der Waals surface area contributed by atoms with Crippen LogP contribution in [0.25, 0.3) is 0 Å². The third-order valence-electron chi connectivity index (χ3n) is 6.21. The zero-order valence-corrected chi connectivity index (χ0v) is 23.6. The van der Waals surface area contributed by atoms with E-state index in [0.29, 0.717) is 17.1 Å². The molecule has 4 rings (SSSR count). The van der Waals surface area contributed by atoms with Gasteiger partial charge in [0.1, 0.15) is 25.6 Å². The van der Waals surface area contributed by atoms with Gasteiger partial charge in [-0.2, -0.15) is 4.98 Å². The van der Waals surface area contributed by atoms with Gasteiger partial charge in [0.05, 0.1) is 48.4 Å². The van der Waals surface area contributed by atoms with Crippen LogP contribution in [0.3, 0.4) is 0 Å². The molecule has 1 fully saturated rings. The number of hydrogen-bond donors (Lipinski definition) is 3. The van der Waals surface area contributed by atoms with Gasteiger partial charge in [-0.15, -0.1) is 10.2 Å². The summed E-state index contributed by atoms with van der Waals surface area (Å²) in [5.41, 5.74) is 1.97. The first-order valence-electron chi connectivity index (χ1n) is 11.8. The van der Waals surface area contributed by atoms with Crippen LogP contribution in [0.5, 0.6) is 5.75 Å². The summed E-state index contributed by atoms with van der Waals surface area (Å²) >= 11 is 6.24. The lowest BCUT2D eigenvalue weighted by molar-refractivity contribution is 0.416. The lowest BCUT2D eigenvalue weighted by Crippen LogP contribution is -2.36. The number of anilines is 5. The van der Waals surface area contributed by atoms with Crippen molar-refractivity contribution < 1.29 is 18.0 Å². The zero-order valence-electron chi connectivity index (χ0n) is 21.1. The molecule has 0 spiro atoms. The lowest BCUT2D eigenvalue weighted by Gasteiger charge is -2.32. The molecule has 2 aromatic carbocycles. The molecule has 1 aliphatic rings. The molecule has 10 nitrogen and oxygen atoms in total. The van der Waals surface area contributed by atoms with Crippen LogP contribution in [0.1, 0.15) is 13.8 Å². The molecule has 0 aliphatic carbocycles. The van der Waals surface area contributed by atoms with Crippen LogP contribution >= 0.6 is 19.1 Å². The van der Waals surface area contributed by atoms with Gasteiger partial charge in [-0.25, -0.2) is 8.42 Å². The lowest BCUT2D eigenvalue weighted by atomic mass is 10.2. The van der Waals surface area contributed by atoms with E-state index < -0.39 is 22.6 Å². The second-order valence-electron chi connectivity index (χ2n) is 9.27. The summed E-state index contributed by atoms with van der Waals surface area (Å²) in [5.74, 6) is 0.900. The highest BCUT2D eigenvalue weighted by atomic mass is 35.5. The minimum Gasteiger partial charge on any atom is -0.494 e. The molecule has 0 unspecified atom stereocenters. The molecular weight excluding hydrogens is 535 g/mol. The summed E-state index contributed by atoms with van der Waals surface area (Å²) in [4.78, 5) is 17.1. The van der Waals surface area contributed by atoms with Crippen LogP contribution in [0.4, 0.5) is 28.8 Å². The summed E-state index contributed by atoms with van der Waals surface area (Å²) < 4.78 is 31.2. The largest absolute Gasteiger partial charge is 0.494 e. The molecule has 37 heavy (non-hydrogen) atoms. The van der Waals surface area contributed by atoms with Crippen LogP contribution in [0, 0.1) is 0 Å². The van der Waals surface area contributed by atoms with E-state index in [1.807, 2.05) is 24.9 Å². The summed E-state index contributed by atoms with van der Waals surface area (Å²) in [6, 6.07) is 12.3. The summed E-state index contributed by atoms with van der Waals surface area (Å²) in [5, 5.41) is 13.5. The van der Waals surface area contributed by atoms with E-state index in [1.165, 1.54) is 6.07 Å². The third-order valence-corrected chi connectivity index (χ3v) is 11.0. The van der Waals surface area contributed by atoms with Crippen molar-refractivity contribution in [3.8, 4) is 5.75 Å². The summed E-state index contributed by atoms with van der Waals surface area (Å²) in [6.45, 7) is 6.82. The topological polar surface area (TPSA) is 130 Å². The fraction of sp³-hybridized carbons (Fsp3) is 0.375. The van der Waals surface area contributed by atoms with Gasteiger partial charge in [0.2, 0.25) is 5.95 Å². The number of methoxy groups -OCH3 is 1. The minimum absolute atomic E-state index is 0.00608. The fourth-order valence-electron chi connectivity index (χ4n) is 3.90. The van der Waals surface area contributed by atoms with Gasteiger partial charge >= 0.3 is 0 Å². The molecule has 0 bridgehead atoms. The van der Waals surface area contributed by atoms with Gasteiger partial charge in [-0.1, -0.05) is 23.7 Å². The van der Waals surface area contributed by atoms with E-state index >= 15 is 0 Å². The maximum atomic E-state index is 12.8. The number of sulfone groups is 1. The van der Waals surface area contributed by atoms with Crippen molar-refractivity contribution in [1.82, 2.24) is 15.2 Å². The number of halogens is 1. The third kappa shape index (κ3) is 6.23. The number of nitrogens with zero attached hydrogens (tertiary/aromatic N) is 4. The van der Waals surface area contributed by atoms with Gasteiger partial charge < -0.3 is 20.3 Å². The number of hydrogen-bond acceptors (Lipinski definition) is 10. The normalized spacial score (nSPS) is 15.5. The van der Waals surface area contributed by atoms with E-state index in [-0.39, 0.29) is 21.8 Å². The van der Waals surface area contributed by atoms with Crippen LogP contribution in [-0.4, -0.2) is 72.9 Å². The predicted octanol–water partition coefficient (Wildman–Crippen LogP) is 4.58. The standard InChI is InChI=1S/C24H31ClN6O4PS/c1-16(2)37(33,34)21-8-6-5-7-19(21)26-23-22(25)29-30-24(28-23)27-18-10-9-17(15-20(18)35-3)31-11-13-36(4,32)14-12-31/h5-10,15-16,32H,11-14H2,1-4H3,(H2,26,27,28,30)/q+1. The van der Waals surface area contributed by atoms with Gasteiger partial charge in [-0.3, -0.25) is 4.89 Å². The molecule has 198 valence electrons. The second kappa shape index (κ2) is 10.9. The Morgan fingerprint density at radius 1 is 1.08 bits per heavy atom. The molecule has 1 aromatic heterocycles. The van der Waals surface area contributed by atoms with Gasteiger partial charge in [0, 0.05) is 11.8 Å². The smallest absolute Gasteiger partial charge is 0.249 e. The summed E-state index contributed by atoms with van der Waals surface area (Å²) in [6.07, 6.45) is 1.61. The predicted molar refractivity (Wildman–Crippen MR) is 150 cm³/mol. The molecule has 1 saturated heterocycles. The number of ether oxygens (including phenoxy) is 1. The van der Waals surface area contributed by atoms with E-state index in [9.17, 15) is 13.3 Å². The van der Waals surface area contributed by atoms with Crippen molar-refractivity contribution in [3.05, 3.63) is 47.6 Å². The van der Waals surface area contributed by atoms with Crippen molar-refractivity contribution in [2.24, 2.45) is 0 Å². The van der Waals surface area contributed by atoms with Crippen LogP contribution in [0.2, 0.25) is 5.15 Å². The first-order chi connectivity index (χ1) is 17.5. The maximum absolute atomic E-state index is 12.8. The monoisotopic (exact) mass is 565 g/mol. The summed E-state index contributed by atoms with van der Waals surface area (Å²) in [7, 11) is -3.75. The van der Waals surface area contributed by atoms with Gasteiger partial charge in [0.15, 0.2) is 20.8 Å². The first-order valence-corrected chi connectivity index (χ1v) is 16.3. The number of benzene rings is 2. The van der Waals surface area contributed by atoms with Crippen LogP contribution in [-0.2, 0) is 9.84 Å². The molecule has 0 atom stereocenters. The van der Waals surface area contributed by atoms with Gasteiger partial charge in [-0.05, 0) is 38.1 Å².